The van der Waals surface area contributed by atoms with E-state index in [1.807, 2.05) is 20.9 Å². The molecule has 2 aromatic carbocycles. The summed E-state index contributed by atoms with van der Waals surface area (Å²) >= 11 is 0. The molecular weight excluding hydrogens is 680 g/mol. The Balaban J connectivity index is 0.00000138. The Bertz CT molecular complexity index is 1330. The number of rotatable bonds is 15. The Morgan fingerprint density at radius 2 is 1.47 bits per heavy atom. The summed E-state index contributed by atoms with van der Waals surface area (Å²) in [6, 6.07) is 9.09. The number of alkyl halides is 6. The number of nitrogens with zero attached hydrogens (tertiary/aromatic N) is 4. The summed E-state index contributed by atoms with van der Waals surface area (Å²) in [6.45, 7) is 10.3. The van der Waals surface area contributed by atoms with Crippen molar-refractivity contribution in [2.75, 3.05) is 59.4 Å². The van der Waals surface area contributed by atoms with Gasteiger partial charge in [-0.2, -0.15) is 26.3 Å². The van der Waals surface area contributed by atoms with Gasteiger partial charge in [0.2, 0.25) is 5.91 Å². The molecule has 1 atom stereocenters. The Morgan fingerprint density at radius 1 is 0.882 bits per heavy atom. The van der Waals surface area contributed by atoms with Gasteiger partial charge in [-0.15, -0.1) is 0 Å². The van der Waals surface area contributed by atoms with E-state index in [1.54, 1.807) is 42.2 Å². The molecule has 0 aliphatic carbocycles. The van der Waals surface area contributed by atoms with Crippen LogP contribution < -0.4 is 5.32 Å². The summed E-state index contributed by atoms with van der Waals surface area (Å²) in [5.41, 5.74) is -3.30. The first-order valence-electron chi connectivity index (χ1n) is 17.3. The average molecular weight is 732 g/mol. The van der Waals surface area contributed by atoms with E-state index in [2.05, 4.69) is 17.1 Å². The normalized spacial score (nSPS) is 15.1. The number of amides is 3. The molecule has 0 aromatic heterocycles. The molecule has 1 unspecified atom stereocenters. The van der Waals surface area contributed by atoms with Crippen molar-refractivity contribution in [2.45, 2.75) is 78.5 Å². The third kappa shape index (κ3) is 13.7. The first-order valence-corrected chi connectivity index (χ1v) is 17.3. The Morgan fingerprint density at radius 3 is 1.94 bits per heavy atom. The molecule has 1 saturated heterocycles. The predicted molar refractivity (Wildman–Crippen MR) is 183 cm³/mol. The second kappa shape index (κ2) is 20.9. The molecule has 3 rings (SSSR count). The minimum absolute atomic E-state index is 0.00743. The second-order valence-corrected chi connectivity index (χ2v) is 12.2. The average Bonchev–Trinajstić information content (AvgIpc) is 3.09. The monoisotopic (exact) mass is 731 g/mol. The van der Waals surface area contributed by atoms with Crippen molar-refractivity contribution in [1.82, 2.24) is 24.9 Å². The molecule has 15 heteroatoms. The number of nitrogens with one attached hydrogen (secondary N) is 1. The molecule has 1 heterocycles. The van der Waals surface area contributed by atoms with Crippen LogP contribution in [0.1, 0.15) is 80.4 Å². The third-order valence-electron chi connectivity index (χ3n) is 8.17. The number of hydrogen-bond donors (Lipinski definition) is 1. The lowest BCUT2D eigenvalue weighted by molar-refractivity contribution is -0.143. The smallest absolute Gasteiger partial charge is 0.416 e. The van der Waals surface area contributed by atoms with Gasteiger partial charge in [-0.3, -0.25) is 14.5 Å². The summed E-state index contributed by atoms with van der Waals surface area (Å²) in [6.07, 6.45) is -7.76. The fourth-order valence-electron chi connectivity index (χ4n) is 5.56. The standard InChI is InChI=1S/C31H38F6N4O4.C5H13N/c1-4-12-38(13-5-2)14-15-39-19-26(41(20-27(39)42)28(43)23-10-8-7-9-11-23)40(6-3)29(44)45-21-22-16-24(30(32,33)34)18-25(17-22)31(35,36)37;1-3-4-5-6-2/h7-11,16-18,26H,4-6,12-15,19-21H2,1-3H3;6H,3-5H2,1-2H3. The van der Waals surface area contributed by atoms with Crippen LogP contribution in [0.25, 0.3) is 0 Å². The van der Waals surface area contributed by atoms with Crippen molar-refractivity contribution < 1.29 is 45.5 Å². The van der Waals surface area contributed by atoms with Gasteiger partial charge in [0.25, 0.3) is 5.91 Å². The molecule has 3 amide bonds. The number of unbranched alkanes of at least 4 members (excludes halogenated alkanes) is 1. The zero-order chi connectivity index (χ0) is 38.2. The van der Waals surface area contributed by atoms with Gasteiger partial charge < -0.3 is 24.8 Å². The van der Waals surface area contributed by atoms with Crippen molar-refractivity contribution in [2.24, 2.45) is 0 Å². The lowest BCUT2D eigenvalue weighted by Crippen LogP contribution is -2.65. The first kappa shape index (κ1) is 43.3. The number of hydrogen-bond acceptors (Lipinski definition) is 6. The maximum atomic E-state index is 13.5. The quantitative estimate of drug-likeness (QED) is 0.155. The van der Waals surface area contributed by atoms with E-state index in [1.165, 1.54) is 17.7 Å². The van der Waals surface area contributed by atoms with E-state index >= 15 is 0 Å². The van der Waals surface area contributed by atoms with Crippen LogP contribution in [0.15, 0.2) is 48.5 Å². The highest BCUT2D eigenvalue weighted by Gasteiger charge is 2.41. The number of carbonyl (C=O) groups excluding carboxylic acids is 3. The van der Waals surface area contributed by atoms with E-state index in [4.69, 9.17) is 4.74 Å². The fraction of sp³-hybridized carbons (Fsp3) is 0.583. The van der Waals surface area contributed by atoms with Crippen LogP contribution in [0.5, 0.6) is 0 Å². The van der Waals surface area contributed by atoms with Gasteiger partial charge in [-0.1, -0.05) is 45.4 Å². The van der Waals surface area contributed by atoms with Crippen LogP contribution in [-0.2, 0) is 28.5 Å². The minimum Gasteiger partial charge on any atom is -0.444 e. The SMILES string of the molecule is CCCCNC.CCCN(CCC)CCN1CC(N(CC)C(=O)OCc2cc(C(F)(F)F)cc(C(F)(F)F)c2)N(C(=O)c2ccccc2)CC1=O. The van der Waals surface area contributed by atoms with Gasteiger partial charge in [-0.25, -0.2) is 4.79 Å². The van der Waals surface area contributed by atoms with Gasteiger partial charge in [0, 0.05) is 25.2 Å². The lowest BCUT2D eigenvalue weighted by atomic mass is 10.1. The van der Waals surface area contributed by atoms with Crippen LogP contribution in [0, 0.1) is 0 Å². The first-order chi connectivity index (χ1) is 24.1. The largest absolute Gasteiger partial charge is 0.444 e. The fourth-order valence-corrected chi connectivity index (χ4v) is 5.56. The highest BCUT2D eigenvalue weighted by atomic mass is 19.4. The molecule has 1 N–H and O–H groups in total. The number of benzene rings is 2. The van der Waals surface area contributed by atoms with Gasteiger partial charge in [0.1, 0.15) is 19.3 Å². The van der Waals surface area contributed by atoms with E-state index in [0.717, 1.165) is 37.4 Å². The van der Waals surface area contributed by atoms with Crippen molar-refractivity contribution >= 4 is 17.9 Å². The highest BCUT2D eigenvalue weighted by molar-refractivity contribution is 5.97. The van der Waals surface area contributed by atoms with Gasteiger partial charge >= 0.3 is 18.4 Å². The summed E-state index contributed by atoms with van der Waals surface area (Å²) in [5, 5.41) is 3.07. The topological polar surface area (TPSA) is 85.4 Å². The molecule has 286 valence electrons. The van der Waals surface area contributed by atoms with Crippen molar-refractivity contribution in [3.63, 3.8) is 0 Å². The van der Waals surface area contributed by atoms with E-state index < -0.39 is 53.8 Å². The molecule has 51 heavy (non-hydrogen) atoms. The predicted octanol–water partition coefficient (Wildman–Crippen LogP) is 7.12. The zero-order valence-electron chi connectivity index (χ0n) is 30.1. The number of carbonyl (C=O) groups is 3. The molecule has 0 radical (unpaired) electrons. The summed E-state index contributed by atoms with van der Waals surface area (Å²) < 4.78 is 85.2. The molecule has 0 bridgehead atoms. The van der Waals surface area contributed by atoms with E-state index in [0.29, 0.717) is 25.2 Å². The van der Waals surface area contributed by atoms with Crippen molar-refractivity contribution in [1.29, 1.82) is 0 Å². The second-order valence-electron chi connectivity index (χ2n) is 12.2. The van der Waals surface area contributed by atoms with E-state index in [9.17, 15) is 40.7 Å². The highest BCUT2D eigenvalue weighted by Crippen LogP contribution is 2.36. The summed E-state index contributed by atoms with van der Waals surface area (Å²) in [4.78, 5) is 46.3. The van der Waals surface area contributed by atoms with Crippen molar-refractivity contribution in [3.05, 3.63) is 70.8 Å². The molecule has 1 fully saturated rings. The van der Waals surface area contributed by atoms with Crippen LogP contribution in [0.4, 0.5) is 31.1 Å². The van der Waals surface area contributed by atoms with Crippen LogP contribution in [0.3, 0.4) is 0 Å². The number of piperazine rings is 1. The summed E-state index contributed by atoms with van der Waals surface area (Å²) in [7, 11) is 1.98. The molecular formula is C36H51F6N5O4. The third-order valence-corrected chi connectivity index (χ3v) is 8.17. The maximum Gasteiger partial charge on any atom is 0.416 e. The van der Waals surface area contributed by atoms with Crippen LogP contribution >= 0.6 is 0 Å². The number of halogens is 6. The lowest BCUT2D eigenvalue weighted by Gasteiger charge is -2.45. The van der Waals surface area contributed by atoms with Crippen molar-refractivity contribution in [3.8, 4) is 0 Å². The zero-order valence-corrected chi connectivity index (χ0v) is 30.1. The molecule has 0 spiro atoms. The molecule has 9 nitrogen and oxygen atoms in total. The van der Waals surface area contributed by atoms with Gasteiger partial charge in [0.15, 0.2) is 0 Å². The van der Waals surface area contributed by atoms with Gasteiger partial charge in [0.05, 0.1) is 17.7 Å². The minimum atomic E-state index is -5.06. The molecule has 0 saturated carbocycles. The maximum absolute atomic E-state index is 13.5. The molecule has 1 aliphatic heterocycles. The Labute approximate surface area is 296 Å². The molecule has 2 aromatic rings. The van der Waals surface area contributed by atoms with Crippen LogP contribution in [-0.4, -0.2) is 103 Å². The number of likely N-dealkylation sites (N-methyl/N-ethyl adjacent to an activating group) is 1. The Hall–Kier alpha value is -3.85. The number of ether oxygens (including phenoxy) is 1. The van der Waals surface area contributed by atoms with Crippen LogP contribution in [0.2, 0.25) is 0 Å². The summed E-state index contributed by atoms with van der Waals surface area (Å²) in [5.74, 6) is -0.845. The molecule has 1 aliphatic rings. The Kier molecular flexibility index (Phi) is 17.7. The van der Waals surface area contributed by atoms with Gasteiger partial charge in [-0.05, 0) is 88.8 Å². The van der Waals surface area contributed by atoms with E-state index in [-0.39, 0.29) is 37.2 Å².